The van der Waals surface area contributed by atoms with Gasteiger partial charge in [0.15, 0.2) is 11.6 Å². The van der Waals surface area contributed by atoms with E-state index in [-0.39, 0.29) is 111 Å². The lowest BCUT2D eigenvalue weighted by molar-refractivity contribution is -0.142. The topological polar surface area (TPSA) is 256 Å². The molecule has 6 aromatic rings. The van der Waals surface area contributed by atoms with Gasteiger partial charge in [-0.1, -0.05) is 156 Å². The minimum Gasteiger partial charge on any atom is -0.444 e. The standard InChI is InChI=1S/C35H38Cl2N4O6.C30H30Cl2N4O4/c1-35(2,3)47-34(46)38-18-17-28(32(44)39-25-13-14-26(36)27(37)20-25)40-33(45)29-19-23-11-7-8-12-24(23)21-41(29)31(43)16-15-30(42)22-9-5-4-6-10-22;31-23-11-10-22(17-24(23)32)34-29(39)25(14-15-33)35-30(40)26-16-20-8-4-5-9-21(20)18-36(26)28(38)13-12-27(37)19-6-2-1-3-7-19/h4-14,20,28-29H,15-19,21H2,1-3H3,(H,38,46)(H,39,44)(H,40,45);1-11,17,25-26H,12-16,18,33H2,(H,34,39)(H,35,40)/t28-,29-;25-,26-/m00/s1. The maximum Gasteiger partial charge on any atom is 0.407 e. The molecule has 0 radical (unpaired) electrons. The lowest BCUT2D eigenvalue weighted by atomic mass is 9.92. The van der Waals surface area contributed by atoms with Gasteiger partial charge in [-0.25, -0.2) is 4.79 Å². The number of Topliss-reactive ketones (excluding diaryl/α,β-unsaturated/α-hetero) is 2. The summed E-state index contributed by atoms with van der Waals surface area (Å²) in [6.45, 7) is 5.74. The molecule has 7 N–H and O–H groups in total. The molecule has 456 valence electrons. The summed E-state index contributed by atoms with van der Waals surface area (Å²) in [5.41, 5.74) is 10.5. The molecule has 0 spiro atoms. The zero-order valence-electron chi connectivity index (χ0n) is 48.2. The summed E-state index contributed by atoms with van der Waals surface area (Å²) in [6, 6.07) is 38.0. The highest BCUT2D eigenvalue weighted by molar-refractivity contribution is 6.42. The number of hydrogen-bond acceptors (Lipinski definition) is 11. The number of benzene rings is 6. The van der Waals surface area contributed by atoms with Crippen molar-refractivity contribution in [1.82, 2.24) is 25.8 Å². The first-order valence-electron chi connectivity index (χ1n) is 28.3. The van der Waals surface area contributed by atoms with E-state index in [9.17, 15) is 43.2 Å². The molecular formula is C65H68Cl4N8O10. The number of ketones is 2. The van der Waals surface area contributed by atoms with Crippen LogP contribution in [0.4, 0.5) is 16.2 Å². The zero-order valence-corrected chi connectivity index (χ0v) is 51.2. The fourth-order valence-corrected chi connectivity index (χ4v) is 10.4. The molecule has 22 heteroatoms. The fourth-order valence-electron chi connectivity index (χ4n) is 9.78. The molecular weight excluding hydrogens is 1190 g/mol. The maximum absolute atomic E-state index is 13.9. The van der Waals surface area contributed by atoms with Crippen LogP contribution in [0, 0.1) is 0 Å². The molecule has 0 unspecified atom stereocenters. The Bertz CT molecular complexity index is 3480. The first kappa shape index (κ1) is 66.4. The van der Waals surface area contributed by atoms with Crippen molar-refractivity contribution in [3.63, 3.8) is 0 Å². The van der Waals surface area contributed by atoms with Gasteiger partial charge in [-0.15, -0.1) is 0 Å². The Kier molecular flexibility index (Phi) is 24.0. The second-order valence-electron chi connectivity index (χ2n) is 21.8. The first-order valence-corrected chi connectivity index (χ1v) is 29.8. The number of carbonyl (C=O) groups is 9. The molecule has 0 aromatic heterocycles. The van der Waals surface area contributed by atoms with E-state index in [1.165, 1.54) is 28.0 Å². The van der Waals surface area contributed by atoms with Crippen molar-refractivity contribution in [2.24, 2.45) is 5.73 Å². The van der Waals surface area contributed by atoms with E-state index in [1.54, 1.807) is 87.5 Å². The van der Waals surface area contributed by atoms with Crippen LogP contribution in [0.15, 0.2) is 146 Å². The second-order valence-corrected chi connectivity index (χ2v) is 23.4. The van der Waals surface area contributed by atoms with Gasteiger partial charge in [-0.05, 0) is 98.8 Å². The van der Waals surface area contributed by atoms with Crippen LogP contribution >= 0.6 is 46.4 Å². The quantitative estimate of drug-likeness (QED) is 0.0370. The molecule has 7 amide bonds. The Morgan fingerprint density at radius 1 is 0.517 bits per heavy atom. The van der Waals surface area contributed by atoms with E-state index in [0.29, 0.717) is 32.5 Å². The summed E-state index contributed by atoms with van der Waals surface area (Å²) >= 11 is 24.2. The van der Waals surface area contributed by atoms with Gasteiger partial charge in [0.1, 0.15) is 29.8 Å². The van der Waals surface area contributed by atoms with Gasteiger partial charge in [0, 0.05) is 80.7 Å². The molecule has 0 bridgehead atoms. The minimum atomic E-state index is -1.11. The number of hydrogen-bond donors (Lipinski definition) is 6. The van der Waals surface area contributed by atoms with Crippen LogP contribution in [-0.4, -0.2) is 106 Å². The number of anilines is 2. The van der Waals surface area contributed by atoms with Gasteiger partial charge in [0.25, 0.3) is 0 Å². The number of carbonyl (C=O) groups excluding carboxylic acids is 9. The Labute approximate surface area is 525 Å². The Hall–Kier alpha value is -8.13. The minimum absolute atomic E-state index is 0.00635. The number of nitrogens with one attached hydrogen (secondary N) is 5. The SMILES string of the molecule is CC(C)(C)OC(=O)NCC[C@H](NC(=O)[C@@H]1Cc2ccccc2CN1C(=O)CCC(=O)c1ccccc1)C(=O)Nc1ccc(Cl)c(Cl)c1.NCC[C@H](NC(=O)[C@@H]1Cc2ccccc2CN1C(=O)CCC(=O)c1ccccc1)C(=O)Nc1ccc(Cl)c(Cl)c1. The molecule has 87 heavy (non-hydrogen) atoms. The monoisotopic (exact) mass is 1260 g/mol. The van der Waals surface area contributed by atoms with Crippen molar-refractivity contribution >= 4 is 111 Å². The molecule has 0 saturated heterocycles. The van der Waals surface area contributed by atoms with Gasteiger partial charge in [0.2, 0.25) is 35.4 Å². The predicted octanol–water partition coefficient (Wildman–Crippen LogP) is 10.3. The molecule has 18 nitrogen and oxygen atoms in total. The van der Waals surface area contributed by atoms with Crippen LogP contribution in [0.25, 0.3) is 0 Å². The highest BCUT2D eigenvalue weighted by Gasteiger charge is 2.38. The molecule has 0 fully saturated rings. The van der Waals surface area contributed by atoms with E-state index in [0.717, 1.165) is 22.3 Å². The first-order chi connectivity index (χ1) is 41.6. The zero-order chi connectivity index (χ0) is 62.8. The van der Waals surface area contributed by atoms with Crippen molar-refractivity contribution < 1.29 is 47.9 Å². The normalized spacial score (nSPS) is 14.9. The molecule has 2 aliphatic rings. The summed E-state index contributed by atoms with van der Waals surface area (Å²) in [7, 11) is 0. The van der Waals surface area contributed by atoms with Crippen LogP contribution in [0.2, 0.25) is 20.1 Å². The van der Waals surface area contributed by atoms with Crippen LogP contribution in [0.5, 0.6) is 0 Å². The van der Waals surface area contributed by atoms with Crippen molar-refractivity contribution in [2.75, 3.05) is 23.7 Å². The van der Waals surface area contributed by atoms with E-state index in [2.05, 4.69) is 26.6 Å². The number of alkyl carbamates (subject to hydrolysis) is 1. The molecule has 4 atom stereocenters. The average Bonchev–Trinajstić information content (AvgIpc) is 2.75. The summed E-state index contributed by atoms with van der Waals surface area (Å²) in [4.78, 5) is 122. The van der Waals surface area contributed by atoms with Crippen LogP contribution in [0.3, 0.4) is 0 Å². The average molecular weight is 1260 g/mol. The van der Waals surface area contributed by atoms with E-state index in [1.807, 2.05) is 60.7 Å². The largest absolute Gasteiger partial charge is 0.444 e. The third-order valence-electron chi connectivity index (χ3n) is 14.3. The van der Waals surface area contributed by atoms with Gasteiger partial charge in [-0.2, -0.15) is 0 Å². The lowest BCUT2D eigenvalue weighted by Gasteiger charge is -2.37. The third kappa shape index (κ3) is 19.4. The second kappa shape index (κ2) is 31.5. The molecule has 2 heterocycles. The Morgan fingerprint density at radius 2 is 0.908 bits per heavy atom. The number of ether oxygens (including phenoxy) is 1. The Morgan fingerprint density at radius 3 is 1.30 bits per heavy atom. The molecule has 6 aromatic carbocycles. The van der Waals surface area contributed by atoms with Gasteiger partial charge in [-0.3, -0.25) is 38.4 Å². The number of halogens is 4. The van der Waals surface area contributed by atoms with E-state index < -0.39 is 59.5 Å². The van der Waals surface area contributed by atoms with E-state index in [4.69, 9.17) is 56.9 Å². The maximum atomic E-state index is 13.9. The van der Waals surface area contributed by atoms with Crippen LogP contribution in [0.1, 0.15) is 102 Å². The summed E-state index contributed by atoms with van der Waals surface area (Å²) in [5, 5.41) is 14.8. The fraction of sp³-hybridized carbons (Fsp3) is 0.308. The van der Waals surface area contributed by atoms with Crippen LogP contribution < -0.4 is 32.3 Å². The van der Waals surface area contributed by atoms with Gasteiger partial charge >= 0.3 is 6.09 Å². The lowest BCUT2D eigenvalue weighted by Crippen LogP contribution is -2.56. The van der Waals surface area contributed by atoms with Crippen molar-refractivity contribution in [1.29, 1.82) is 0 Å². The molecule has 0 aliphatic carbocycles. The summed E-state index contributed by atoms with van der Waals surface area (Å²) < 4.78 is 5.28. The van der Waals surface area contributed by atoms with Gasteiger partial charge < -0.3 is 46.9 Å². The van der Waals surface area contributed by atoms with Crippen molar-refractivity contribution in [2.45, 2.75) is 115 Å². The number of rotatable bonds is 21. The summed E-state index contributed by atoms with van der Waals surface area (Å²) in [6.07, 6.45) is -0.0786. The summed E-state index contributed by atoms with van der Waals surface area (Å²) in [5.74, 6) is -3.04. The van der Waals surface area contributed by atoms with Crippen LogP contribution in [-0.2, 0) is 59.4 Å². The molecule has 0 saturated carbocycles. The van der Waals surface area contributed by atoms with Gasteiger partial charge in [0.05, 0.1) is 20.1 Å². The van der Waals surface area contributed by atoms with Crippen molar-refractivity contribution in [3.05, 3.63) is 199 Å². The smallest absolute Gasteiger partial charge is 0.407 e. The predicted molar refractivity (Wildman–Crippen MR) is 336 cm³/mol. The number of nitrogens with two attached hydrogens (primary N) is 1. The van der Waals surface area contributed by atoms with E-state index >= 15 is 0 Å². The highest BCUT2D eigenvalue weighted by atomic mass is 35.5. The number of amides is 7. The molecule has 2 aliphatic heterocycles. The third-order valence-corrected chi connectivity index (χ3v) is 15.7. The molecule has 8 rings (SSSR count). The van der Waals surface area contributed by atoms with Crippen molar-refractivity contribution in [3.8, 4) is 0 Å². The Balaban J connectivity index is 0.000000252. The number of nitrogens with zero attached hydrogens (tertiary/aromatic N) is 2. The number of fused-ring (bicyclic) bond motifs is 2. The highest BCUT2D eigenvalue weighted by Crippen LogP contribution is 2.29.